The summed E-state index contributed by atoms with van der Waals surface area (Å²) in [6.07, 6.45) is -0.0342. The number of anilines is 1. The molecule has 1 unspecified atom stereocenters. The number of hydrogen-bond donors (Lipinski definition) is 2. The lowest BCUT2D eigenvalue weighted by Gasteiger charge is -2.38. The highest BCUT2D eigenvalue weighted by molar-refractivity contribution is 6.00. The summed E-state index contributed by atoms with van der Waals surface area (Å²) in [5.74, 6) is 0.333. The van der Waals surface area contributed by atoms with Crippen molar-refractivity contribution in [1.82, 2.24) is 14.5 Å². The Morgan fingerprint density at radius 1 is 1.12 bits per heavy atom. The first-order valence-electron chi connectivity index (χ1n) is 10.7. The van der Waals surface area contributed by atoms with E-state index in [1.807, 2.05) is 28.8 Å². The molecule has 3 aromatic rings. The second-order valence-electron chi connectivity index (χ2n) is 7.86. The van der Waals surface area contributed by atoms with E-state index in [1.54, 1.807) is 24.1 Å². The molecule has 2 aromatic carbocycles. The molecule has 1 aliphatic rings. The molecule has 168 valence electrons. The SMILES string of the molecule is CCc1ccccc1-c1nc2c(n1Cc1ccc(F)cc1)C(=O)N(CCCO)C(O)N2C. The number of rotatable bonds is 7. The van der Waals surface area contributed by atoms with Crippen molar-refractivity contribution in [3.8, 4) is 11.4 Å². The van der Waals surface area contributed by atoms with E-state index in [-0.39, 0.29) is 24.9 Å². The lowest BCUT2D eigenvalue weighted by molar-refractivity contribution is 0.00114. The number of aliphatic hydroxyl groups excluding tert-OH is 2. The Labute approximate surface area is 186 Å². The minimum atomic E-state index is -1.18. The zero-order valence-electron chi connectivity index (χ0n) is 18.2. The van der Waals surface area contributed by atoms with Crippen molar-refractivity contribution in [1.29, 1.82) is 0 Å². The number of hydrogen-bond acceptors (Lipinski definition) is 5. The van der Waals surface area contributed by atoms with Gasteiger partial charge in [0.1, 0.15) is 11.6 Å². The van der Waals surface area contributed by atoms with E-state index in [9.17, 15) is 19.4 Å². The summed E-state index contributed by atoms with van der Waals surface area (Å²) >= 11 is 0. The standard InChI is InChI=1S/C24H27FN4O3/c1-3-17-7-4-5-8-19(17)21-26-22-20(29(21)15-16-9-11-18(25)12-10-16)23(31)28(13-6-14-30)24(32)27(22)2/h4-5,7-12,24,30,32H,3,6,13-15H2,1-2H3. The van der Waals surface area contributed by atoms with Crippen molar-refractivity contribution >= 4 is 11.7 Å². The van der Waals surface area contributed by atoms with Crippen molar-refractivity contribution in [3.63, 3.8) is 0 Å². The molecule has 7 nitrogen and oxygen atoms in total. The van der Waals surface area contributed by atoms with Crippen LogP contribution in [0.4, 0.5) is 10.2 Å². The Bertz CT molecular complexity index is 1110. The molecule has 0 saturated heterocycles. The second-order valence-corrected chi connectivity index (χ2v) is 7.86. The number of aromatic nitrogens is 2. The summed E-state index contributed by atoms with van der Waals surface area (Å²) in [5.41, 5.74) is 3.18. The highest BCUT2D eigenvalue weighted by Crippen LogP contribution is 2.35. The van der Waals surface area contributed by atoms with Crippen LogP contribution in [0.3, 0.4) is 0 Å². The summed E-state index contributed by atoms with van der Waals surface area (Å²) in [5, 5.41) is 20.0. The van der Waals surface area contributed by atoms with Gasteiger partial charge in [0.05, 0.1) is 0 Å². The van der Waals surface area contributed by atoms with Gasteiger partial charge >= 0.3 is 0 Å². The molecule has 1 aliphatic heterocycles. The first-order chi connectivity index (χ1) is 15.5. The molecule has 2 heterocycles. The number of carbonyl (C=O) groups is 1. The maximum Gasteiger partial charge on any atom is 0.277 e. The number of nitrogens with zero attached hydrogens (tertiary/aromatic N) is 4. The molecule has 0 bridgehead atoms. The van der Waals surface area contributed by atoms with Crippen LogP contribution >= 0.6 is 0 Å². The summed E-state index contributed by atoms with van der Waals surface area (Å²) in [7, 11) is 1.69. The molecule has 1 amide bonds. The van der Waals surface area contributed by atoms with Crippen LogP contribution in [0.25, 0.3) is 11.4 Å². The van der Waals surface area contributed by atoms with Crippen molar-refractivity contribution in [3.05, 3.63) is 71.2 Å². The van der Waals surface area contributed by atoms with Gasteiger partial charge in [0.25, 0.3) is 5.91 Å². The van der Waals surface area contributed by atoms with E-state index in [4.69, 9.17) is 4.98 Å². The van der Waals surface area contributed by atoms with E-state index in [2.05, 4.69) is 6.92 Å². The molecule has 4 rings (SSSR count). The zero-order chi connectivity index (χ0) is 22.8. The number of halogens is 1. The summed E-state index contributed by atoms with van der Waals surface area (Å²) in [4.78, 5) is 21.2. The van der Waals surface area contributed by atoms with Crippen LogP contribution < -0.4 is 4.90 Å². The van der Waals surface area contributed by atoms with E-state index in [0.717, 1.165) is 23.1 Å². The van der Waals surface area contributed by atoms with Gasteiger partial charge in [0.15, 0.2) is 11.5 Å². The van der Waals surface area contributed by atoms with E-state index in [0.29, 0.717) is 30.3 Å². The summed E-state index contributed by atoms with van der Waals surface area (Å²) in [6.45, 7) is 2.50. The fraction of sp³-hybridized carbons (Fsp3) is 0.333. The molecular weight excluding hydrogens is 411 g/mol. The normalized spacial score (nSPS) is 15.9. The minimum Gasteiger partial charge on any atom is -0.396 e. The fourth-order valence-electron chi connectivity index (χ4n) is 4.09. The molecule has 0 radical (unpaired) electrons. The van der Waals surface area contributed by atoms with Crippen molar-refractivity contribution in [2.45, 2.75) is 32.7 Å². The van der Waals surface area contributed by atoms with E-state index < -0.39 is 6.35 Å². The van der Waals surface area contributed by atoms with Crippen LogP contribution in [0.5, 0.6) is 0 Å². The maximum absolute atomic E-state index is 13.5. The van der Waals surface area contributed by atoms with Gasteiger partial charge in [-0.2, -0.15) is 0 Å². The van der Waals surface area contributed by atoms with Gasteiger partial charge in [0.2, 0.25) is 6.35 Å². The topological polar surface area (TPSA) is 81.8 Å². The average Bonchev–Trinajstić information content (AvgIpc) is 3.18. The second kappa shape index (κ2) is 9.10. The number of carbonyl (C=O) groups excluding carboxylic acids is 1. The molecule has 32 heavy (non-hydrogen) atoms. The summed E-state index contributed by atoms with van der Waals surface area (Å²) in [6, 6.07) is 14.1. The predicted molar refractivity (Wildman–Crippen MR) is 120 cm³/mol. The molecule has 0 spiro atoms. The molecule has 1 atom stereocenters. The minimum absolute atomic E-state index is 0.0863. The molecule has 2 N–H and O–H groups in total. The average molecular weight is 439 g/mol. The molecule has 0 saturated carbocycles. The lowest BCUT2D eigenvalue weighted by atomic mass is 10.0. The highest BCUT2D eigenvalue weighted by Gasteiger charge is 2.39. The van der Waals surface area contributed by atoms with Gasteiger partial charge in [-0.25, -0.2) is 9.37 Å². The molecule has 0 fully saturated rings. The largest absolute Gasteiger partial charge is 0.396 e. The number of amides is 1. The fourth-order valence-corrected chi connectivity index (χ4v) is 4.09. The van der Waals surface area contributed by atoms with Crippen LogP contribution in [0, 0.1) is 5.82 Å². The van der Waals surface area contributed by atoms with Gasteiger partial charge in [-0.3, -0.25) is 9.69 Å². The number of benzene rings is 2. The van der Waals surface area contributed by atoms with Crippen LogP contribution in [0.1, 0.15) is 35.0 Å². The van der Waals surface area contributed by atoms with Crippen molar-refractivity contribution in [2.24, 2.45) is 0 Å². The Hall–Kier alpha value is -3.23. The predicted octanol–water partition coefficient (Wildman–Crippen LogP) is 2.85. The third kappa shape index (κ3) is 3.87. The first kappa shape index (κ1) is 22.0. The number of aliphatic hydroxyl groups is 2. The first-order valence-corrected chi connectivity index (χ1v) is 10.7. The Morgan fingerprint density at radius 2 is 1.84 bits per heavy atom. The van der Waals surface area contributed by atoms with Gasteiger partial charge in [0, 0.05) is 32.3 Å². The number of aryl methyl sites for hydroxylation is 1. The summed E-state index contributed by atoms with van der Waals surface area (Å²) < 4.78 is 15.3. The smallest absolute Gasteiger partial charge is 0.277 e. The molecule has 1 aromatic heterocycles. The third-order valence-electron chi connectivity index (χ3n) is 5.82. The van der Waals surface area contributed by atoms with Crippen molar-refractivity contribution in [2.75, 3.05) is 25.1 Å². The van der Waals surface area contributed by atoms with Gasteiger partial charge < -0.3 is 19.7 Å². The Kier molecular flexibility index (Phi) is 6.25. The molecule has 0 aliphatic carbocycles. The number of fused-ring (bicyclic) bond motifs is 1. The van der Waals surface area contributed by atoms with E-state index in [1.165, 1.54) is 17.0 Å². The lowest BCUT2D eigenvalue weighted by Crippen LogP contribution is -2.54. The number of imidazole rings is 1. The maximum atomic E-state index is 13.5. The van der Waals surface area contributed by atoms with Crippen LogP contribution in [0.2, 0.25) is 0 Å². The molecular formula is C24H27FN4O3. The Morgan fingerprint density at radius 3 is 2.53 bits per heavy atom. The third-order valence-corrected chi connectivity index (χ3v) is 5.82. The van der Waals surface area contributed by atoms with Crippen LogP contribution in [-0.2, 0) is 13.0 Å². The van der Waals surface area contributed by atoms with Gasteiger partial charge in [-0.15, -0.1) is 0 Å². The van der Waals surface area contributed by atoms with E-state index >= 15 is 0 Å². The van der Waals surface area contributed by atoms with Gasteiger partial charge in [-0.1, -0.05) is 43.3 Å². The van der Waals surface area contributed by atoms with Gasteiger partial charge in [-0.05, 0) is 36.1 Å². The highest BCUT2D eigenvalue weighted by atomic mass is 19.1. The van der Waals surface area contributed by atoms with Crippen LogP contribution in [0.15, 0.2) is 48.5 Å². The van der Waals surface area contributed by atoms with Crippen LogP contribution in [-0.4, -0.2) is 57.1 Å². The monoisotopic (exact) mass is 438 g/mol. The van der Waals surface area contributed by atoms with Crippen molar-refractivity contribution < 1.29 is 19.4 Å². The quantitative estimate of drug-likeness (QED) is 0.593. The molecule has 8 heteroatoms. The zero-order valence-corrected chi connectivity index (χ0v) is 18.2. The Balaban J connectivity index is 1.90.